The molecule has 0 spiro atoms. The highest BCUT2D eigenvalue weighted by Crippen LogP contribution is 2.51. The van der Waals surface area contributed by atoms with Crippen molar-refractivity contribution in [2.24, 2.45) is 5.92 Å². The number of benzene rings is 1. The molecule has 1 aromatic rings. The summed E-state index contributed by atoms with van der Waals surface area (Å²) in [6.07, 6.45) is 0.699. The summed E-state index contributed by atoms with van der Waals surface area (Å²) < 4.78 is 0. The van der Waals surface area contributed by atoms with Crippen LogP contribution in [0, 0.1) is 5.92 Å². The fourth-order valence-electron chi connectivity index (χ4n) is 3.24. The molecule has 90 valence electrons. The topological polar surface area (TPSA) is 20.3 Å². The summed E-state index contributed by atoms with van der Waals surface area (Å²) in [4.78, 5) is 14.3. The number of carbonyl (C=O) groups is 1. The lowest BCUT2D eigenvalue weighted by Gasteiger charge is -2.42. The van der Waals surface area contributed by atoms with E-state index in [9.17, 15) is 4.79 Å². The number of hydrogen-bond acceptors (Lipinski definition) is 2. The van der Waals surface area contributed by atoms with Gasteiger partial charge in [-0.2, -0.15) is 0 Å². The summed E-state index contributed by atoms with van der Waals surface area (Å²) in [7, 11) is 2.06. The molecule has 2 aliphatic rings. The molecule has 1 aliphatic heterocycles. The number of nitrogens with zero attached hydrogens (tertiary/aromatic N) is 1. The van der Waals surface area contributed by atoms with E-state index in [1.165, 1.54) is 0 Å². The van der Waals surface area contributed by atoms with Crippen molar-refractivity contribution in [3.05, 3.63) is 33.8 Å². The second kappa shape index (κ2) is 3.71. The molecule has 2 fully saturated rings. The molecule has 0 aromatic heterocycles. The smallest absolute Gasteiger partial charge is 0.145 e. The number of ketones is 1. The van der Waals surface area contributed by atoms with Crippen molar-refractivity contribution >= 4 is 29.0 Å². The second-order valence-corrected chi connectivity index (χ2v) is 5.94. The number of likely N-dealkylation sites (N-methyl/N-ethyl adjacent to an activating group) is 1. The number of Topliss-reactive ketones (excluding diaryl/α,β-unsaturated/α-hetero) is 1. The maximum Gasteiger partial charge on any atom is 0.145 e. The quantitative estimate of drug-likeness (QED) is 0.782. The summed E-state index contributed by atoms with van der Waals surface area (Å²) in [6.45, 7) is 1.79. The van der Waals surface area contributed by atoms with Gasteiger partial charge in [0.2, 0.25) is 0 Å². The molecule has 1 saturated heterocycles. The van der Waals surface area contributed by atoms with E-state index in [4.69, 9.17) is 23.2 Å². The third kappa shape index (κ3) is 1.48. The molecule has 2 nitrogen and oxygen atoms in total. The first kappa shape index (κ1) is 11.5. The Kier molecular flexibility index (Phi) is 2.51. The molecule has 0 radical (unpaired) electrons. The molecule has 0 bridgehead atoms. The Morgan fingerprint density at radius 2 is 2.12 bits per heavy atom. The van der Waals surface area contributed by atoms with Crippen LogP contribution in [0.1, 0.15) is 12.0 Å². The number of hydrogen-bond donors (Lipinski definition) is 0. The second-order valence-electron chi connectivity index (χ2n) is 5.12. The van der Waals surface area contributed by atoms with E-state index in [-0.39, 0.29) is 5.41 Å². The standard InChI is InChI=1S/C13H13Cl2NO/c1-16-6-9-5-12(17)13(9,7-16)8-2-3-10(14)11(15)4-8/h2-4,9H,5-7H2,1H3. The van der Waals surface area contributed by atoms with Crippen molar-refractivity contribution in [2.75, 3.05) is 20.1 Å². The minimum absolute atomic E-state index is 0.316. The number of fused-ring (bicyclic) bond motifs is 1. The number of rotatable bonds is 1. The van der Waals surface area contributed by atoms with Crippen LogP contribution in [-0.4, -0.2) is 30.8 Å². The van der Waals surface area contributed by atoms with Crippen LogP contribution < -0.4 is 0 Å². The fourth-order valence-corrected chi connectivity index (χ4v) is 3.54. The molecular formula is C13H13Cl2NO. The highest BCUT2D eigenvalue weighted by molar-refractivity contribution is 6.42. The molecule has 0 N–H and O–H groups in total. The Balaban J connectivity index is 2.07. The molecular weight excluding hydrogens is 257 g/mol. The predicted molar refractivity (Wildman–Crippen MR) is 68.8 cm³/mol. The van der Waals surface area contributed by atoms with Gasteiger partial charge in [0.15, 0.2) is 0 Å². The zero-order valence-corrected chi connectivity index (χ0v) is 11.1. The van der Waals surface area contributed by atoms with Gasteiger partial charge in [-0.1, -0.05) is 29.3 Å². The molecule has 1 heterocycles. The van der Waals surface area contributed by atoms with Gasteiger partial charge in [-0.05, 0) is 30.7 Å². The highest BCUT2D eigenvalue weighted by Gasteiger charge is 2.59. The van der Waals surface area contributed by atoms with Crippen LogP contribution >= 0.6 is 23.2 Å². The van der Waals surface area contributed by atoms with Gasteiger partial charge in [0.25, 0.3) is 0 Å². The molecule has 3 rings (SSSR count). The van der Waals surface area contributed by atoms with Gasteiger partial charge in [0.1, 0.15) is 5.78 Å². The van der Waals surface area contributed by atoms with Gasteiger partial charge in [-0.25, -0.2) is 0 Å². The molecule has 0 amide bonds. The maximum atomic E-state index is 12.1. The highest BCUT2D eigenvalue weighted by atomic mass is 35.5. The van der Waals surface area contributed by atoms with Crippen molar-refractivity contribution in [2.45, 2.75) is 11.8 Å². The lowest BCUT2D eigenvalue weighted by Crippen LogP contribution is -2.53. The summed E-state index contributed by atoms with van der Waals surface area (Å²) in [5.74, 6) is 0.780. The number of likely N-dealkylation sites (tertiary alicyclic amines) is 1. The molecule has 2 unspecified atom stereocenters. The van der Waals surface area contributed by atoms with E-state index in [1.807, 2.05) is 12.1 Å². The zero-order chi connectivity index (χ0) is 12.2. The van der Waals surface area contributed by atoms with E-state index in [0.717, 1.165) is 18.7 Å². The van der Waals surface area contributed by atoms with Crippen LogP contribution in [0.5, 0.6) is 0 Å². The van der Waals surface area contributed by atoms with Gasteiger partial charge in [0, 0.05) is 19.5 Å². The van der Waals surface area contributed by atoms with Gasteiger partial charge >= 0.3 is 0 Å². The van der Waals surface area contributed by atoms with E-state index in [2.05, 4.69) is 11.9 Å². The van der Waals surface area contributed by atoms with Crippen molar-refractivity contribution in [3.63, 3.8) is 0 Å². The van der Waals surface area contributed by atoms with Crippen LogP contribution in [-0.2, 0) is 10.2 Å². The van der Waals surface area contributed by atoms with E-state index >= 15 is 0 Å². The minimum atomic E-state index is -0.316. The van der Waals surface area contributed by atoms with Gasteiger partial charge < -0.3 is 4.90 Å². The first-order valence-electron chi connectivity index (χ1n) is 5.71. The van der Waals surface area contributed by atoms with E-state index < -0.39 is 0 Å². The average molecular weight is 270 g/mol. The Bertz CT molecular complexity index is 502. The van der Waals surface area contributed by atoms with Gasteiger partial charge in [-0.3, -0.25) is 4.79 Å². The Morgan fingerprint density at radius 3 is 2.71 bits per heavy atom. The molecule has 4 heteroatoms. The minimum Gasteiger partial charge on any atom is -0.305 e. The number of halogens is 2. The van der Waals surface area contributed by atoms with Crippen molar-refractivity contribution in [1.82, 2.24) is 4.90 Å². The maximum absolute atomic E-state index is 12.1. The summed E-state index contributed by atoms with van der Waals surface area (Å²) in [6, 6.07) is 5.58. The average Bonchev–Trinajstić information content (AvgIpc) is 2.55. The van der Waals surface area contributed by atoms with Crippen molar-refractivity contribution in [1.29, 1.82) is 0 Å². The van der Waals surface area contributed by atoms with E-state index in [1.54, 1.807) is 6.07 Å². The largest absolute Gasteiger partial charge is 0.305 e. The Labute approximate surface area is 111 Å². The SMILES string of the molecule is CN1CC2CC(=O)C2(c2ccc(Cl)c(Cl)c2)C1. The first-order valence-corrected chi connectivity index (χ1v) is 6.47. The summed E-state index contributed by atoms with van der Waals surface area (Å²) in [5.41, 5.74) is 0.709. The van der Waals surface area contributed by atoms with Crippen LogP contribution in [0.4, 0.5) is 0 Å². The van der Waals surface area contributed by atoms with Crippen molar-refractivity contribution in [3.8, 4) is 0 Å². The van der Waals surface area contributed by atoms with Gasteiger partial charge in [0.05, 0.1) is 15.5 Å². The summed E-state index contributed by atoms with van der Waals surface area (Å²) >= 11 is 12.0. The Hall–Kier alpha value is -0.570. The predicted octanol–water partition coefficient (Wildman–Crippen LogP) is 2.77. The van der Waals surface area contributed by atoms with Crippen LogP contribution in [0.3, 0.4) is 0 Å². The van der Waals surface area contributed by atoms with Gasteiger partial charge in [-0.15, -0.1) is 0 Å². The molecule has 1 aliphatic carbocycles. The molecule has 1 aromatic carbocycles. The molecule has 17 heavy (non-hydrogen) atoms. The lowest BCUT2D eigenvalue weighted by atomic mass is 9.57. The van der Waals surface area contributed by atoms with Crippen LogP contribution in [0.15, 0.2) is 18.2 Å². The Morgan fingerprint density at radius 1 is 1.35 bits per heavy atom. The third-order valence-corrected chi connectivity index (χ3v) is 4.85. The van der Waals surface area contributed by atoms with Crippen LogP contribution in [0.2, 0.25) is 10.0 Å². The van der Waals surface area contributed by atoms with Crippen molar-refractivity contribution < 1.29 is 4.79 Å². The lowest BCUT2D eigenvalue weighted by molar-refractivity contribution is -0.134. The number of carbonyl (C=O) groups excluding carboxylic acids is 1. The van der Waals surface area contributed by atoms with Crippen LogP contribution in [0.25, 0.3) is 0 Å². The normalized spacial score (nSPS) is 32.4. The third-order valence-electron chi connectivity index (χ3n) is 4.11. The monoisotopic (exact) mass is 269 g/mol. The summed E-state index contributed by atoms with van der Waals surface area (Å²) in [5, 5.41) is 1.08. The first-order chi connectivity index (χ1) is 8.04. The molecule has 2 atom stereocenters. The fraction of sp³-hybridized carbons (Fsp3) is 0.462. The molecule has 1 saturated carbocycles. The van der Waals surface area contributed by atoms with E-state index in [0.29, 0.717) is 28.2 Å². The zero-order valence-electron chi connectivity index (χ0n) is 9.54.